The van der Waals surface area contributed by atoms with Crippen LogP contribution in [0.25, 0.3) is 0 Å². The van der Waals surface area contributed by atoms with Gasteiger partial charge < -0.3 is 19.7 Å². The molecular formula is C8H14O4. The fourth-order valence-electron chi connectivity index (χ4n) is 1.24. The van der Waals surface area contributed by atoms with Crippen molar-refractivity contribution in [1.82, 2.24) is 0 Å². The van der Waals surface area contributed by atoms with Gasteiger partial charge >= 0.3 is 0 Å². The number of hydrogen-bond acceptors (Lipinski definition) is 4. The van der Waals surface area contributed by atoms with Crippen LogP contribution in [0.1, 0.15) is 6.92 Å². The molecule has 0 aromatic carbocycles. The van der Waals surface area contributed by atoms with Gasteiger partial charge in [0.05, 0.1) is 12.4 Å². The van der Waals surface area contributed by atoms with Gasteiger partial charge in [0.2, 0.25) is 0 Å². The van der Waals surface area contributed by atoms with Gasteiger partial charge in [-0.25, -0.2) is 0 Å². The summed E-state index contributed by atoms with van der Waals surface area (Å²) in [5.74, 6) is 0. The molecule has 0 spiro atoms. The molecule has 0 bridgehead atoms. The zero-order valence-corrected chi connectivity index (χ0v) is 7.01. The van der Waals surface area contributed by atoms with Crippen molar-refractivity contribution in [2.24, 2.45) is 0 Å². The average molecular weight is 174 g/mol. The Kier molecular flexibility index (Phi) is 3.08. The van der Waals surface area contributed by atoms with Gasteiger partial charge in [0.15, 0.2) is 0 Å². The van der Waals surface area contributed by atoms with Crippen LogP contribution in [0.15, 0.2) is 12.8 Å². The summed E-state index contributed by atoms with van der Waals surface area (Å²) in [4.78, 5) is 0. The van der Waals surface area contributed by atoms with Gasteiger partial charge in [-0.1, -0.05) is 6.58 Å². The first-order chi connectivity index (χ1) is 5.66. The highest BCUT2D eigenvalue weighted by Gasteiger charge is 2.40. The molecule has 1 rings (SSSR count). The molecule has 0 unspecified atom stereocenters. The molecule has 1 fully saturated rings. The van der Waals surface area contributed by atoms with E-state index in [4.69, 9.17) is 9.47 Å². The summed E-state index contributed by atoms with van der Waals surface area (Å²) in [6.45, 7) is 5.30. The van der Waals surface area contributed by atoms with Crippen LogP contribution < -0.4 is 0 Å². The van der Waals surface area contributed by atoms with E-state index < -0.39 is 18.3 Å². The molecule has 0 aromatic heterocycles. The molecule has 70 valence electrons. The van der Waals surface area contributed by atoms with Crippen molar-refractivity contribution in [3.05, 3.63) is 12.8 Å². The lowest BCUT2D eigenvalue weighted by Crippen LogP contribution is -2.33. The van der Waals surface area contributed by atoms with Gasteiger partial charge in [-0.05, 0) is 6.92 Å². The third kappa shape index (κ3) is 1.77. The molecule has 4 nitrogen and oxygen atoms in total. The summed E-state index contributed by atoms with van der Waals surface area (Å²) < 4.78 is 10.1. The average Bonchev–Trinajstić information content (AvgIpc) is 2.30. The number of rotatable bonds is 3. The van der Waals surface area contributed by atoms with E-state index >= 15 is 0 Å². The van der Waals surface area contributed by atoms with E-state index in [2.05, 4.69) is 6.58 Å². The van der Waals surface area contributed by atoms with Crippen LogP contribution in [0.5, 0.6) is 0 Å². The molecule has 4 atom stereocenters. The van der Waals surface area contributed by atoms with E-state index in [1.54, 1.807) is 6.92 Å². The number of ether oxygens (including phenoxy) is 2. The fraction of sp³-hybridized carbons (Fsp3) is 0.750. The lowest BCUT2D eigenvalue weighted by molar-refractivity contribution is -0.0207. The zero-order chi connectivity index (χ0) is 9.14. The molecule has 1 aliphatic heterocycles. The van der Waals surface area contributed by atoms with Crippen LogP contribution in [-0.2, 0) is 9.47 Å². The third-order valence-corrected chi connectivity index (χ3v) is 1.98. The van der Waals surface area contributed by atoms with E-state index in [9.17, 15) is 10.2 Å². The first-order valence-corrected chi connectivity index (χ1v) is 3.91. The summed E-state index contributed by atoms with van der Waals surface area (Å²) in [6.07, 6.45) is -1.18. The number of aliphatic hydroxyl groups is 2. The second kappa shape index (κ2) is 3.89. The zero-order valence-electron chi connectivity index (χ0n) is 7.01. The summed E-state index contributed by atoms with van der Waals surface area (Å²) in [5, 5.41) is 18.6. The SMILES string of the molecule is C=COC[C@H]1O[C@@H](C)[C@H](O)[C@H]1O. The molecule has 4 heteroatoms. The molecule has 0 radical (unpaired) electrons. The van der Waals surface area contributed by atoms with Crippen molar-refractivity contribution in [2.75, 3.05) is 6.61 Å². The van der Waals surface area contributed by atoms with E-state index in [-0.39, 0.29) is 12.7 Å². The highest BCUT2D eigenvalue weighted by Crippen LogP contribution is 2.20. The highest BCUT2D eigenvalue weighted by molar-refractivity contribution is 4.88. The molecule has 0 aromatic rings. The summed E-state index contributed by atoms with van der Waals surface area (Å²) >= 11 is 0. The van der Waals surface area contributed by atoms with Crippen LogP contribution in [-0.4, -0.2) is 41.2 Å². The van der Waals surface area contributed by atoms with Gasteiger partial charge in [0, 0.05) is 0 Å². The van der Waals surface area contributed by atoms with Crippen molar-refractivity contribution < 1.29 is 19.7 Å². The lowest BCUT2D eigenvalue weighted by Gasteiger charge is -2.13. The molecular weight excluding hydrogens is 160 g/mol. The summed E-state index contributed by atoms with van der Waals surface area (Å²) in [7, 11) is 0. The largest absolute Gasteiger partial charge is 0.499 e. The first-order valence-electron chi connectivity index (χ1n) is 3.91. The monoisotopic (exact) mass is 174 g/mol. The minimum absolute atomic E-state index is 0.228. The topological polar surface area (TPSA) is 58.9 Å². The Hall–Kier alpha value is -0.580. The molecule has 12 heavy (non-hydrogen) atoms. The van der Waals surface area contributed by atoms with E-state index in [1.165, 1.54) is 6.26 Å². The van der Waals surface area contributed by atoms with Gasteiger partial charge in [-0.15, -0.1) is 0 Å². The van der Waals surface area contributed by atoms with Crippen molar-refractivity contribution in [3.63, 3.8) is 0 Å². The molecule has 1 aliphatic rings. The van der Waals surface area contributed by atoms with Crippen LogP contribution in [0.4, 0.5) is 0 Å². The smallest absolute Gasteiger partial charge is 0.120 e. The molecule has 0 saturated carbocycles. The van der Waals surface area contributed by atoms with Gasteiger partial charge in [0.1, 0.15) is 24.9 Å². The van der Waals surface area contributed by atoms with Gasteiger partial charge in [-0.2, -0.15) is 0 Å². The maximum absolute atomic E-state index is 9.37. The van der Waals surface area contributed by atoms with Crippen LogP contribution in [0, 0.1) is 0 Å². The quantitative estimate of drug-likeness (QED) is 0.574. The van der Waals surface area contributed by atoms with Crippen molar-refractivity contribution in [3.8, 4) is 0 Å². The normalized spacial score (nSPS) is 41.2. The van der Waals surface area contributed by atoms with Crippen molar-refractivity contribution in [1.29, 1.82) is 0 Å². The van der Waals surface area contributed by atoms with Gasteiger partial charge in [-0.3, -0.25) is 0 Å². The van der Waals surface area contributed by atoms with Crippen molar-refractivity contribution >= 4 is 0 Å². The minimum atomic E-state index is -0.861. The highest BCUT2D eigenvalue weighted by atomic mass is 16.6. The van der Waals surface area contributed by atoms with E-state index in [0.29, 0.717) is 0 Å². The summed E-state index contributed by atoms with van der Waals surface area (Å²) in [5.41, 5.74) is 0. The van der Waals surface area contributed by atoms with Gasteiger partial charge in [0.25, 0.3) is 0 Å². The van der Waals surface area contributed by atoms with Crippen LogP contribution >= 0.6 is 0 Å². The predicted octanol–water partition coefficient (Wildman–Crippen LogP) is -0.344. The predicted molar refractivity (Wildman–Crippen MR) is 42.5 cm³/mol. The standard InChI is InChI=1S/C8H14O4/c1-3-11-4-6-8(10)7(9)5(2)12-6/h3,5-10H,1,4H2,2H3/t5-,6+,7-,8-/m0/s1. The van der Waals surface area contributed by atoms with Crippen LogP contribution in [0.3, 0.4) is 0 Å². The van der Waals surface area contributed by atoms with E-state index in [0.717, 1.165) is 0 Å². The Morgan fingerprint density at radius 2 is 2.17 bits per heavy atom. The Morgan fingerprint density at radius 3 is 2.58 bits per heavy atom. The minimum Gasteiger partial charge on any atom is -0.499 e. The third-order valence-electron chi connectivity index (χ3n) is 1.98. The fourth-order valence-corrected chi connectivity index (χ4v) is 1.24. The lowest BCUT2D eigenvalue weighted by atomic mass is 10.1. The summed E-state index contributed by atoms with van der Waals surface area (Å²) in [6, 6.07) is 0. The second-order valence-corrected chi connectivity index (χ2v) is 2.86. The molecule has 0 aliphatic carbocycles. The Morgan fingerprint density at radius 1 is 1.50 bits per heavy atom. The Labute approximate surface area is 71.4 Å². The number of hydrogen-bond donors (Lipinski definition) is 2. The molecule has 2 N–H and O–H groups in total. The second-order valence-electron chi connectivity index (χ2n) is 2.86. The maximum Gasteiger partial charge on any atom is 0.120 e. The molecule has 0 amide bonds. The molecule has 1 saturated heterocycles. The Bertz CT molecular complexity index is 159. The Balaban J connectivity index is 2.41. The van der Waals surface area contributed by atoms with E-state index in [1.807, 2.05) is 0 Å². The maximum atomic E-state index is 9.37. The van der Waals surface area contributed by atoms with Crippen molar-refractivity contribution in [2.45, 2.75) is 31.3 Å². The van der Waals surface area contributed by atoms with Crippen LogP contribution in [0.2, 0.25) is 0 Å². The molecule has 1 heterocycles. The first kappa shape index (κ1) is 9.51. The number of aliphatic hydroxyl groups excluding tert-OH is 2.